The predicted molar refractivity (Wildman–Crippen MR) is 133 cm³/mol. The lowest BCUT2D eigenvalue weighted by atomic mass is 9.81. The summed E-state index contributed by atoms with van der Waals surface area (Å²) in [6.07, 6.45) is 3.65. The Balaban J connectivity index is 1.67. The van der Waals surface area contributed by atoms with Crippen molar-refractivity contribution in [1.29, 1.82) is 0 Å². The Kier molecular flexibility index (Phi) is 9.61. The van der Waals surface area contributed by atoms with Crippen LogP contribution in [0.25, 0.3) is 11.2 Å². The highest BCUT2D eigenvalue weighted by Gasteiger charge is 2.28. The molecule has 0 saturated heterocycles. The number of nitrogen functional groups attached to an aromatic ring is 1. The van der Waals surface area contributed by atoms with Gasteiger partial charge in [-0.2, -0.15) is 0 Å². The number of aliphatic hydroxyl groups excluding tert-OH is 1. The molecular formula is C25H36N6O5. The molecule has 2 aromatic heterocycles. The van der Waals surface area contributed by atoms with Gasteiger partial charge in [0.2, 0.25) is 5.82 Å². The number of fused-ring (bicyclic) bond motifs is 1. The van der Waals surface area contributed by atoms with Crippen LogP contribution in [0.5, 0.6) is 0 Å². The van der Waals surface area contributed by atoms with Gasteiger partial charge in [0.25, 0.3) is 5.91 Å². The lowest BCUT2D eigenvalue weighted by Gasteiger charge is -2.26. The number of nitrogens with one attached hydrogen (secondary N) is 1. The number of imidazole rings is 1. The van der Waals surface area contributed by atoms with Gasteiger partial charge in [-0.05, 0) is 64.2 Å². The molecule has 0 radical (unpaired) electrons. The normalized spacial score (nSPS) is 20.1. The summed E-state index contributed by atoms with van der Waals surface area (Å²) in [7, 11) is 0. The quantitative estimate of drug-likeness (QED) is 0.346. The number of ether oxygens (including phenoxy) is 2. The Morgan fingerprint density at radius 3 is 2.58 bits per heavy atom. The average Bonchev–Trinajstić information content (AvgIpc) is 3.26. The highest BCUT2D eigenvalue weighted by Crippen LogP contribution is 2.30. The SMILES string of the molecule is CCNC(=O)[C@@H](O[C@H](C)n1cnc2c(N)nc(C#CCC3CCC(COC(C)=O)CC3)nc21)C(C)O. The lowest BCUT2D eigenvalue weighted by molar-refractivity contribution is -0.150. The van der Waals surface area contributed by atoms with Crippen molar-refractivity contribution in [2.45, 2.75) is 78.2 Å². The smallest absolute Gasteiger partial charge is 0.302 e. The summed E-state index contributed by atoms with van der Waals surface area (Å²) in [5.74, 6) is 6.97. The molecule has 0 aromatic carbocycles. The number of amides is 1. The fourth-order valence-corrected chi connectivity index (χ4v) is 4.32. The second kappa shape index (κ2) is 12.6. The first-order valence-corrected chi connectivity index (χ1v) is 12.4. The molecule has 36 heavy (non-hydrogen) atoms. The van der Waals surface area contributed by atoms with Crippen LogP contribution in [0.15, 0.2) is 6.33 Å². The fraction of sp³-hybridized carbons (Fsp3) is 0.640. The molecule has 11 nitrogen and oxygen atoms in total. The van der Waals surface area contributed by atoms with E-state index in [-0.39, 0.29) is 17.6 Å². The van der Waals surface area contributed by atoms with E-state index < -0.39 is 24.3 Å². The Morgan fingerprint density at radius 1 is 1.25 bits per heavy atom. The van der Waals surface area contributed by atoms with Crippen LogP contribution in [0.1, 0.15) is 71.9 Å². The molecule has 4 N–H and O–H groups in total. The van der Waals surface area contributed by atoms with E-state index in [9.17, 15) is 14.7 Å². The van der Waals surface area contributed by atoms with Crippen LogP contribution >= 0.6 is 0 Å². The van der Waals surface area contributed by atoms with Crippen LogP contribution in [-0.2, 0) is 19.1 Å². The van der Waals surface area contributed by atoms with E-state index in [1.807, 2.05) is 0 Å². The summed E-state index contributed by atoms with van der Waals surface area (Å²) in [6, 6.07) is 0. The number of aromatic nitrogens is 4. The van der Waals surface area contributed by atoms with E-state index in [0.29, 0.717) is 36.2 Å². The number of anilines is 1. The zero-order valence-electron chi connectivity index (χ0n) is 21.4. The summed E-state index contributed by atoms with van der Waals surface area (Å²) >= 11 is 0. The van der Waals surface area contributed by atoms with E-state index in [0.717, 1.165) is 32.1 Å². The predicted octanol–water partition coefficient (Wildman–Crippen LogP) is 1.94. The molecule has 1 aliphatic rings. The molecule has 0 spiro atoms. The van der Waals surface area contributed by atoms with Crippen molar-refractivity contribution in [3.8, 4) is 11.8 Å². The Bertz CT molecular complexity index is 1110. The summed E-state index contributed by atoms with van der Waals surface area (Å²) in [4.78, 5) is 36.4. The highest BCUT2D eigenvalue weighted by molar-refractivity contribution is 5.82. The third kappa shape index (κ3) is 7.15. The number of hydrogen-bond donors (Lipinski definition) is 3. The number of carbonyl (C=O) groups is 2. The minimum atomic E-state index is -1.06. The third-order valence-corrected chi connectivity index (χ3v) is 6.31. The number of nitrogens with zero attached hydrogens (tertiary/aromatic N) is 4. The summed E-state index contributed by atoms with van der Waals surface area (Å²) in [5, 5.41) is 12.7. The van der Waals surface area contributed by atoms with Crippen LogP contribution in [-0.4, -0.2) is 61.9 Å². The minimum absolute atomic E-state index is 0.206. The van der Waals surface area contributed by atoms with E-state index >= 15 is 0 Å². The van der Waals surface area contributed by atoms with Crippen molar-refractivity contribution in [1.82, 2.24) is 24.8 Å². The number of likely N-dealkylation sites (N-methyl/N-ethyl adjacent to an activating group) is 1. The van der Waals surface area contributed by atoms with Gasteiger partial charge >= 0.3 is 5.97 Å². The maximum atomic E-state index is 12.3. The monoisotopic (exact) mass is 500 g/mol. The molecule has 11 heteroatoms. The Labute approximate surface area is 211 Å². The zero-order valence-corrected chi connectivity index (χ0v) is 21.4. The first kappa shape index (κ1) is 27.4. The molecule has 3 rings (SSSR count). The molecule has 1 unspecified atom stereocenters. The van der Waals surface area contributed by atoms with Gasteiger partial charge in [-0.15, -0.1) is 0 Å². The van der Waals surface area contributed by atoms with Crippen LogP contribution < -0.4 is 11.1 Å². The lowest BCUT2D eigenvalue weighted by Crippen LogP contribution is -2.43. The number of rotatable bonds is 9. The second-order valence-corrected chi connectivity index (χ2v) is 9.24. The molecule has 2 aromatic rings. The standard InChI is InChI=1S/C25H36N6O5/c1-5-27-25(34)22(15(2)32)36-16(3)31-14-28-21-23(26)29-20(30-24(21)31)8-6-7-18-9-11-19(12-10-18)13-35-17(4)33/h14-16,18-19,22,32H,5,7,9-13H2,1-4H3,(H,27,34)(H2,26,29,30)/t15?,16-,18?,19?,22+/m1/s1. The van der Waals surface area contributed by atoms with Crippen molar-refractivity contribution in [2.75, 3.05) is 18.9 Å². The third-order valence-electron chi connectivity index (χ3n) is 6.31. The molecule has 196 valence electrons. The van der Waals surface area contributed by atoms with Crippen LogP contribution in [0.4, 0.5) is 5.82 Å². The van der Waals surface area contributed by atoms with Gasteiger partial charge < -0.3 is 25.6 Å². The van der Waals surface area contributed by atoms with Crippen molar-refractivity contribution in [3.63, 3.8) is 0 Å². The van der Waals surface area contributed by atoms with Gasteiger partial charge in [0.05, 0.1) is 19.0 Å². The fourth-order valence-electron chi connectivity index (χ4n) is 4.32. The maximum Gasteiger partial charge on any atom is 0.302 e. The molecular weight excluding hydrogens is 464 g/mol. The summed E-state index contributed by atoms with van der Waals surface area (Å²) < 4.78 is 12.6. The number of hydrogen-bond acceptors (Lipinski definition) is 9. The summed E-state index contributed by atoms with van der Waals surface area (Å²) in [6.45, 7) is 7.39. The van der Waals surface area contributed by atoms with E-state index in [1.54, 1.807) is 18.4 Å². The molecule has 1 amide bonds. The molecule has 0 aliphatic heterocycles. The van der Waals surface area contributed by atoms with Gasteiger partial charge in [0, 0.05) is 19.9 Å². The van der Waals surface area contributed by atoms with Crippen LogP contribution in [0.2, 0.25) is 0 Å². The van der Waals surface area contributed by atoms with Gasteiger partial charge in [0.15, 0.2) is 17.6 Å². The largest absolute Gasteiger partial charge is 0.466 e. The van der Waals surface area contributed by atoms with Crippen LogP contribution in [0.3, 0.4) is 0 Å². The van der Waals surface area contributed by atoms with Crippen LogP contribution in [0, 0.1) is 23.7 Å². The Hall–Kier alpha value is -3.23. The van der Waals surface area contributed by atoms with Crippen molar-refractivity contribution in [3.05, 3.63) is 12.2 Å². The van der Waals surface area contributed by atoms with Gasteiger partial charge in [-0.3, -0.25) is 14.2 Å². The van der Waals surface area contributed by atoms with Gasteiger partial charge in [-0.1, -0.05) is 5.92 Å². The molecule has 3 atom stereocenters. The van der Waals surface area contributed by atoms with Crippen molar-refractivity contribution in [2.24, 2.45) is 11.8 Å². The van der Waals surface area contributed by atoms with E-state index in [4.69, 9.17) is 15.2 Å². The average molecular weight is 501 g/mol. The van der Waals surface area contributed by atoms with Gasteiger partial charge in [0.1, 0.15) is 11.7 Å². The first-order valence-electron chi connectivity index (χ1n) is 12.4. The minimum Gasteiger partial charge on any atom is -0.466 e. The number of nitrogens with two attached hydrogens (primary N) is 1. The number of carbonyl (C=O) groups excluding carboxylic acids is 2. The zero-order chi connectivity index (χ0) is 26.2. The van der Waals surface area contributed by atoms with Gasteiger partial charge in [-0.25, -0.2) is 15.0 Å². The maximum absolute atomic E-state index is 12.3. The van der Waals surface area contributed by atoms with E-state index in [1.165, 1.54) is 20.2 Å². The topological polar surface area (TPSA) is 154 Å². The second-order valence-electron chi connectivity index (χ2n) is 9.24. The molecule has 0 bridgehead atoms. The summed E-state index contributed by atoms with van der Waals surface area (Å²) in [5.41, 5.74) is 6.96. The van der Waals surface area contributed by atoms with E-state index in [2.05, 4.69) is 32.1 Å². The molecule has 1 saturated carbocycles. The molecule has 2 heterocycles. The first-order chi connectivity index (χ1) is 17.2. The highest BCUT2D eigenvalue weighted by atomic mass is 16.5. The molecule has 1 fully saturated rings. The van der Waals surface area contributed by atoms with Crippen molar-refractivity contribution < 1.29 is 24.2 Å². The van der Waals surface area contributed by atoms with Crippen molar-refractivity contribution >= 4 is 28.9 Å². The number of esters is 1. The Morgan fingerprint density at radius 2 is 1.94 bits per heavy atom. The molecule has 1 aliphatic carbocycles. The number of aliphatic hydroxyl groups is 1.